The molecule has 1 heterocycles. The molecule has 1 aliphatic heterocycles. The number of carbonyl (C=O) groups is 3. The predicted molar refractivity (Wildman–Crippen MR) is 81.4 cm³/mol. The number of carboxylic acids is 1. The van der Waals surface area contributed by atoms with Crippen LogP contribution >= 0.6 is 0 Å². The summed E-state index contributed by atoms with van der Waals surface area (Å²) in [4.78, 5) is 34.0. The zero-order valence-corrected chi connectivity index (χ0v) is 12.3. The number of fused-ring (bicyclic) bond motifs is 1. The van der Waals surface area contributed by atoms with E-state index in [1.54, 1.807) is 0 Å². The molecule has 0 saturated heterocycles. The van der Waals surface area contributed by atoms with Crippen LogP contribution in [0.3, 0.4) is 0 Å². The van der Waals surface area contributed by atoms with Gasteiger partial charge in [0.1, 0.15) is 0 Å². The minimum Gasteiger partial charge on any atom is -0.481 e. The lowest BCUT2D eigenvalue weighted by atomic mass is 9.89. The van der Waals surface area contributed by atoms with Crippen molar-refractivity contribution in [3.05, 3.63) is 29.8 Å². The van der Waals surface area contributed by atoms with Gasteiger partial charge in [0.15, 0.2) is 0 Å². The number of aliphatic carboxylic acids is 1. The Kier molecular flexibility index (Phi) is 5.52. The lowest BCUT2D eigenvalue weighted by Crippen LogP contribution is -2.32. The maximum absolute atomic E-state index is 12.0. The van der Waals surface area contributed by atoms with Crippen LogP contribution in [-0.4, -0.2) is 29.4 Å². The molecule has 6 heteroatoms. The molecule has 2 amide bonds. The molecule has 0 saturated carbocycles. The standard InChI is InChI=1S/C16H20N2O4/c19-14(17-9-3-6-15(20)21)8-7-12-10-11-4-1-2-5-13(11)18-16(12)22/h1-2,4-5,12H,3,6-10H2,(H,17,19)(H,18,22)(H,20,21). The highest BCUT2D eigenvalue weighted by molar-refractivity contribution is 5.96. The van der Waals surface area contributed by atoms with Crippen molar-refractivity contribution in [3.8, 4) is 0 Å². The van der Waals surface area contributed by atoms with Crippen LogP contribution in [0.2, 0.25) is 0 Å². The molecule has 0 fully saturated rings. The summed E-state index contributed by atoms with van der Waals surface area (Å²) >= 11 is 0. The minimum atomic E-state index is -0.869. The van der Waals surface area contributed by atoms with E-state index in [-0.39, 0.29) is 30.6 Å². The van der Waals surface area contributed by atoms with Crippen molar-refractivity contribution in [1.82, 2.24) is 5.32 Å². The van der Waals surface area contributed by atoms with E-state index in [4.69, 9.17) is 5.11 Å². The Labute approximate surface area is 128 Å². The van der Waals surface area contributed by atoms with Crippen molar-refractivity contribution in [2.75, 3.05) is 11.9 Å². The zero-order chi connectivity index (χ0) is 15.9. The molecule has 22 heavy (non-hydrogen) atoms. The van der Waals surface area contributed by atoms with Crippen LogP contribution in [0.4, 0.5) is 5.69 Å². The maximum Gasteiger partial charge on any atom is 0.303 e. The molecule has 2 rings (SSSR count). The van der Waals surface area contributed by atoms with Gasteiger partial charge in [-0.05, 0) is 30.9 Å². The van der Waals surface area contributed by atoms with E-state index in [0.29, 0.717) is 25.8 Å². The molecule has 6 nitrogen and oxygen atoms in total. The van der Waals surface area contributed by atoms with Crippen molar-refractivity contribution < 1.29 is 19.5 Å². The van der Waals surface area contributed by atoms with E-state index in [2.05, 4.69) is 10.6 Å². The van der Waals surface area contributed by atoms with Gasteiger partial charge in [-0.3, -0.25) is 14.4 Å². The number of hydrogen-bond donors (Lipinski definition) is 3. The molecule has 0 spiro atoms. The number of hydrogen-bond acceptors (Lipinski definition) is 3. The first-order valence-corrected chi connectivity index (χ1v) is 7.43. The highest BCUT2D eigenvalue weighted by Gasteiger charge is 2.26. The summed E-state index contributed by atoms with van der Waals surface area (Å²) in [6.07, 6.45) is 1.87. The van der Waals surface area contributed by atoms with Crippen LogP contribution in [0.25, 0.3) is 0 Å². The van der Waals surface area contributed by atoms with E-state index in [1.165, 1.54) is 0 Å². The third-order valence-electron chi connectivity index (χ3n) is 3.72. The van der Waals surface area contributed by atoms with Gasteiger partial charge >= 0.3 is 5.97 Å². The Hall–Kier alpha value is -2.37. The molecular weight excluding hydrogens is 284 g/mol. The summed E-state index contributed by atoms with van der Waals surface area (Å²) in [7, 11) is 0. The smallest absolute Gasteiger partial charge is 0.303 e. The first-order chi connectivity index (χ1) is 10.6. The Morgan fingerprint density at radius 1 is 1.27 bits per heavy atom. The van der Waals surface area contributed by atoms with Gasteiger partial charge < -0.3 is 15.7 Å². The fraction of sp³-hybridized carbons (Fsp3) is 0.438. The number of rotatable bonds is 7. The lowest BCUT2D eigenvalue weighted by Gasteiger charge is -2.24. The predicted octanol–water partition coefficient (Wildman–Crippen LogP) is 1.56. The number of benzene rings is 1. The molecular formula is C16H20N2O4. The van der Waals surface area contributed by atoms with Gasteiger partial charge in [0, 0.05) is 31.0 Å². The zero-order valence-electron chi connectivity index (χ0n) is 12.3. The van der Waals surface area contributed by atoms with Crippen molar-refractivity contribution in [2.45, 2.75) is 32.1 Å². The number of para-hydroxylation sites is 1. The van der Waals surface area contributed by atoms with Crippen LogP contribution in [-0.2, 0) is 20.8 Å². The molecule has 0 bridgehead atoms. The van der Waals surface area contributed by atoms with E-state index < -0.39 is 5.97 Å². The molecule has 118 valence electrons. The Bertz CT molecular complexity index is 571. The maximum atomic E-state index is 12.0. The van der Waals surface area contributed by atoms with Gasteiger partial charge in [-0.2, -0.15) is 0 Å². The molecule has 1 aromatic rings. The highest BCUT2D eigenvalue weighted by Crippen LogP contribution is 2.27. The number of anilines is 1. The lowest BCUT2D eigenvalue weighted by molar-refractivity contribution is -0.137. The quantitative estimate of drug-likeness (QED) is 0.666. The van der Waals surface area contributed by atoms with E-state index >= 15 is 0 Å². The second kappa shape index (κ2) is 7.59. The molecule has 1 aromatic carbocycles. The van der Waals surface area contributed by atoms with Gasteiger partial charge in [-0.1, -0.05) is 18.2 Å². The van der Waals surface area contributed by atoms with Gasteiger partial charge in [0.25, 0.3) is 0 Å². The monoisotopic (exact) mass is 304 g/mol. The summed E-state index contributed by atoms with van der Waals surface area (Å²) in [6, 6.07) is 7.67. The fourth-order valence-electron chi connectivity index (χ4n) is 2.51. The first kappa shape index (κ1) is 16.0. The summed E-state index contributed by atoms with van der Waals surface area (Å²) < 4.78 is 0. The minimum absolute atomic E-state index is 0.0437. The summed E-state index contributed by atoms with van der Waals surface area (Å²) in [5.41, 5.74) is 1.94. The van der Waals surface area contributed by atoms with Crippen LogP contribution in [0.5, 0.6) is 0 Å². The number of carboxylic acid groups (broad SMARTS) is 1. The first-order valence-electron chi connectivity index (χ1n) is 7.43. The molecule has 1 atom stereocenters. The van der Waals surface area contributed by atoms with Crippen molar-refractivity contribution in [3.63, 3.8) is 0 Å². The van der Waals surface area contributed by atoms with Gasteiger partial charge in [0.05, 0.1) is 0 Å². The Morgan fingerprint density at radius 2 is 2.05 bits per heavy atom. The van der Waals surface area contributed by atoms with Crippen molar-refractivity contribution >= 4 is 23.5 Å². The fourth-order valence-corrected chi connectivity index (χ4v) is 2.51. The second-order valence-corrected chi connectivity index (χ2v) is 5.43. The highest BCUT2D eigenvalue weighted by atomic mass is 16.4. The van der Waals surface area contributed by atoms with Gasteiger partial charge in [-0.15, -0.1) is 0 Å². The topological polar surface area (TPSA) is 95.5 Å². The van der Waals surface area contributed by atoms with E-state index in [1.807, 2.05) is 24.3 Å². The third-order valence-corrected chi connectivity index (χ3v) is 3.72. The van der Waals surface area contributed by atoms with Crippen molar-refractivity contribution in [1.29, 1.82) is 0 Å². The van der Waals surface area contributed by atoms with Crippen LogP contribution in [0.1, 0.15) is 31.2 Å². The second-order valence-electron chi connectivity index (χ2n) is 5.43. The summed E-state index contributed by atoms with van der Waals surface area (Å²) in [5.74, 6) is -1.25. The summed E-state index contributed by atoms with van der Waals surface area (Å²) in [5, 5.41) is 14.0. The molecule has 0 aromatic heterocycles. The Balaban J connectivity index is 1.74. The average Bonchev–Trinajstić information content (AvgIpc) is 2.49. The van der Waals surface area contributed by atoms with E-state index in [0.717, 1.165) is 11.3 Å². The SMILES string of the molecule is O=C(O)CCCNC(=O)CCC1Cc2ccccc2NC1=O. The largest absolute Gasteiger partial charge is 0.481 e. The number of carbonyl (C=O) groups excluding carboxylic acids is 2. The van der Waals surface area contributed by atoms with Crippen LogP contribution in [0, 0.1) is 5.92 Å². The molecule has 0 aliphatic carbocycles. The molecule has 0 radical (unpaired) electrons. The van der Waals surface area contributed by atoms with E-state index in [9.17, 15) is 14.4 Å². The third kappa shape index (κ3) is 4.58. The molecule has 1 aliphatic rings. The van der Waals surface area contributed by atoms with Gasteiger partial charge in [0.2, 0.25) is 11.8 Å². The molecule has 3 N–H and O–H groups in total. The average molecular weight is 304 g/mol. The van der Waals surface area contributed by atoms with Crippen molar-refractivity contribution in [2.24, 2.45) is 5.92 Å². The number of amides is 2. The van der Waals surface area contributed by atoms with Crippen LogP contribution < -0.4 is 10.6 Å². The number of nitrogens with one attached hydrogen (secondary N) is 2. The van der Waals surface area contributed by atoms with Crippen LogP contribution in [0.15, 0.2) is 24.3 Å². The molecule has 1 unspecified atom stereocenters. The normalized spacial score (nSPS) is 16.5. The van der Waals surface area contributed by atoms with Gasteiger partial charge in [-0.25, -0.2) is 0 Å². The Morgan fingerprint density at radius 3 is 2.82 bits per heavy atom. The summed E-state index contributed by atoms with van der Waals surface area (Å²) in [6.45, 7) is 0.352.